The number of fused-ring (bicyclic) bond motifs is 1. The number of rotatable bonds is 5. The van der Waals surface area contributed by atoms with E-state index in [1.807, 2.05) is 10.6 Å². The van der Waals surface area contributed by atoms with Crippen LogP contribution in [0.1, 0.15) is 43.4 Å². The zero-order valence-corrected chi connectivity index (χ0v) is 13.0. The number of nitriles is 1. The number of nitrogens with zero attached hydrogens (tertiary/aromatic N) is 3. The number of hydrogen-bond donors (Lipinski definition) is 1. The maximum Gasteiger partial charge on any atom is 0.360 e. The van der Waals surface area contributed by atoms with Gasteiger partial charge in [0.05, 0.1) is 12.1 Å². The molecule has 2 rings (SSSR count). The SMILES string of the molecule is CCOC(=O)c1nc(C#N)c2c(ccn2CCC(C)C)c1O. The van der Waals surface area contributed by atoms with E-state index in [1.165, 1.54) is 0 Å². The number of ether oxygens (including phenoxy) is 1. The summed E-state index contributed by atoms with van der Waals surface area (Å²) < 4.78 is 6.75. The molecule has 6 heteroatoms. The van der Waals surface area contributed by atoms with E-state index in [0.29, 0.717) is 16.8 Å². The first-order valence-corrected chi connectivity index (χ1v) is 7.28. The van der Waals surface area contributed by atoms with E-state index in [-0.39, 0.29) is 23.7 Å². The van der Waals surface area contributed by atoms with Gasteiger partial charge in [0.1, 0.15) is 6.07 Å². The molecule has 0 radical (unpaired) electrons. The van der Waals surface area contributed by atoms with Crippen molar-refractivity contribution in [1.82, 2.24) is 9.55 Å². The third-order valence-corrected chi connectivity index (χ3v) is 3.41. The molecular formula is C16H19N3O3. The molecule has 2 aromatic heterocycles. The molecule has 2 heterocycles. The molecule has 0 bridgehead atoms. The van der Waals surface area contributed by atoms with E-state index in [1.54, 1.807) is 19.2 Å². The molecule has 0 amide bonds. The van der Waals surface area contributed by atoms with Crippen molar-refractivity contribution in [1.29, 1.82) is 5.26 Å². The minimum Gasteiger partial charge on any atom is -0.505 e. The van der Waals surface area contributed by atoms with Crippen LogP contribution in [0.2, 0.25) is 0 Å². The summed E-state index contributed by atoms with van der Waals surface area (Å²) in [6.07, 6.45) is 2.74. The van der Waals surface area contributed by atoms with Gasteiger partial charge >= 0.3 is 5.97 Å². The maximum atomic E-state index is 11.8. The van der Waals surface area contributed by atoms with E-state index in [9.17, 15) is 15.2 Å². The molecule has 0 fully saturated rings. The Balaban J connectivity index is 2.56. The van der Waals surface area contributed by atoms with Crippen molar-refractivity contribution in [3.8, 4) is 11.8 Å². The van der Waals surface area contributed by atoms with Gasteiger partial charge in [0.2, 0.25) is 0 Å². The van der Waals surface area contributed by atoms with Crippen molar-refractivity contribution in [2.24, 2.45) is 5.92 Å². The topological polar surface area (TPSA) is 88.1 Å². The van der Waals surface area contributed by atoms with Crippen molar-refractivity contribution in [2.45, 2.75) is 33.7 Å². The van der Waals surface area contributed by atoms with Gasteiger partial charge in [0.15, 0.2) is 17.1 Å². The summed E-state index contributed by atoms with van der Waals surface area (Å²) >= 11 is 0. The summed E-state index contributed by atoms with van der Waals surface area (Å²) in [6.45, 7) is 6.79. The highest BCUT2D eigenvalue weighted by molar-refractivity contribution is 6.00. The lowest BCUT2D eigenvalue weighted by Crippen LogP contribution is -2.10. The molecule has 0 aliphatic carbocycles. The summed E-state index contributed by atoms with van der Waals surface area (Å²) in [5.74, 6) is -0.451. The zero-order chi connectivity index (χ0) is 16.3. The first-order chi connectivity index (χ1) is 10.5. The fourth-order valence-corrected chi connectivity index (χ4v) is 2.28. The second kappa shape index (κ2) is 6.48. The highest BCUT2D eigenvalue weighted by Gasteiger charge is 2.22. The number of aryl methyl sites for hydroxylation is 1. The fourth-order valence-electron chi connectivity index (χ4n) is 2.28. The number of aromatic hydroxyl groups is 1. The van der Waals surface area contributed by atoms with Crippen LogP contribution in [0, 0.1) is 17.2 Å². The Morgan fingerprint density at radius 2 is 2.27 bits per heavy atom. The Labute approximate surface area is 128 Å². The fraction of sp³-hybridized carbons (Fsp3) is 0.438. The Bertz CT molecular complexity index is 741. The van der Waals surface area contributed by atoms with Gasteiger partial charge in [-0.15, -0.1) is 0 Å². The van der Waals surface area contributed by atoms with Gasteiger partial charge in [-0.1, -0.05) is 13.8 Å². The third kappa shape index (κ3) is 2.89. The number of hydrogen-bond acceptors (Lipinski definition) is 5. The summed E-state index contributed by atoms with van der Waals surface area (Å²) in [5, 5.41) is 20.0. The molecule has 0 saturated carbocycles. The molecule has 0 spiro atoms. The molecule has 1 N–H and O–H groups in total. The molecule has 0 aromatic carbocycles. The Hall–Kier alpha value is -2.55. The van der Waals surface area contributed by atoms with Crippen LogP contribution in [0.3, 0.4) is 0 Å². The van der Waals surface area contributed by atoms with Crippen LogP contribution < -0.4 is 0 Å². The number of aromatic nitrogens is 2. The predicted octanol–water partition coefficient (Wildman–Crippen LogP) is 2.84. The van der Waals surface area contributed by atoms with E-state index in [4.69, 9.17) is 4.74 Å². The highest BCUT2D eigenvalue weighted by atomic mass is 16.5. The van der Waals surface area contributed by atoms with Crippen LogP contribution >= 0.6 is 0 Å². The van der Waals surface area contributed by atoms with E-state index in [0.717, 1.165) is 13.0 Å². The lowest BCUT2D eigenvalue weighted by atomic mass is 10.1. The second-order valence-corrected chi connectivity index (χ2v) is 5.44. The minimum absolute atomic E-state index is 0.115. The molecule has 0 atom stereocenters. The quantitative estimate of drug-likeness (QED) is 0.858. The number of carbonyl (C=O) groups excluding carboxylic acids is 1. The van der Waals surface area contributed by atoms with Crippen molar-refractivity contribution in [3.63, 3.8) is 0 Å². The van der Waals surface area contributed by atoms with Crippen LogP contribution in [-0.4, -0.2) is 27.2 Å². The van der Waals surface area contributed by atoms with Crippen LogP contribution in [0.25, 0.3) is 10.9 Å². The van der Waals surface area contributed by atoms with Gasteiger partial charge in [0.25, 0.3) is 0 Å². The van der Waals surface area contributed by atoms with Crippen LogP contribution in [-0.2, 0) is 11.3 Å². The average Bonchev–Trinajstić information content (AvgIpc) is 2.90. The maximum absolute atomic E-state index is 11.8. The van der Waals surface area contributed by atoms with Crippen molar-refractivity contribution < 1.29 is 14.6 Å². The van der Waals surface area contributed by atoms with Gasteiger partial charge in [0, 0.05) is 18.1 Å². The average molecular weight is 301 g/mol. The van der Waals surface area contributed by atoms with Gasteiger partial charge in [-0.05, 0) is 25.3 Å². The number of pyridine rings is 1. The van der Waals surface area contributed by atoms with Gasteiger partial charge in [-0.25, -0.2) is 9.78 Å². The molecule has 0 aliphatic heterocycles. The number of esters is 1. The molecule has 22 heavy (non-hydrogen) atoms. The first kappa shape index (κ1) is 15.8. The zero-order valence-electron chi connectivity index (χ0n) is 13.0. The van der Waals surface area contributed by atoms with Crippen molar-refractivity contribution in [2.75, 3.05) is 6.61 Å². The molecule has 2 aromatic rings. The highest BCUT2D eigenvalue weighted by Crippen LogP contribution is 2.31. The lowest BCUT2D eigenvalue weighted by Gasteiger charge is -2.10. The van der Waals surface area contributed by atoms with Gasteiger partial charge in [-0.2, -0.15) is 5.26 Å². The molecule has 0 aliphatic rings. The van der Waals surface area contributed by atoms with Crippen LogP contribution in [0.4, 0.5) is 0 Å². The standard InChI is InChI=1S/C16H19N3O3/c1-4-22-16(21)13-15(20)11-6-8-19(7-5-10(2)3)14(11)12(9-17)18-13/h6,8,10,20H,4-5,7H2,1-3H3. The monoisotopic (exact) mass is 301 g/mol. The second-order valence-electron chi connectivity index (χ2n) is 5.44. The molecule has 116 valence electrons. The molecule has 0 unspecified atom stereocenters. The Morgan fingerprint density at radius 3 is 2.86 bits per heavy atom. The molecule has 6 nitrogen and oxygen atoms in total. The van der Waals surface area contributed by atoms with Crippen LogP contribution in [0.15, 0.2) is 12.3 Å². The Morgan fingerprint density at radius 1 is 1.55 bits per heavy atom. The number of carbonyl (C=O) groups is 1. The van der Waals surface area contributed by atoms with E-state index >= 15 is 0 Å². The van der Waals surface area contributed by atoms with E-state index < -0.39 is 5.97 Å². The van der Waals surface area contributed by atoms with Gasteiger partial charge in [-0.3, -0.25) is 0 Å². The molecule has 0 saturated heterocycles. The summed E-state index contributed by atoms with van der Waals surface area (Å²) in [6, 6.07) is 3.69. The third-order valence-electron chi connectivity index (χ3n) is 3.41. The Kier molecular flexibility index (Phi) is 4.66. The predicted molar refractivity (Wildman–Crippen MR) is 81.5 cm³/mol. The summed E-state index contributed by atoms with van der Waals surface area (Å²) in [5.41, 5.74) is 0.450. The van der Waals surface area contributed by atoms with Gasteiger partial charge < -0.3 is 14.4 Å². The molecular weight excluding hydrogens is 282 g/mol. The summed E-state index contributed by atoms with van der Waals surface area (Å²) in [7, 11) is 0. The first-order valence-electron chi connectivity index (χ1n) is 7.28. The smallest absolute Gasteiger partial charge is 0.360 e. The van der Waals surface area contributed by atoms with Crippen molar-refractivity contribution >= 4 is 16.9 Å². The lowest BCUT2D eigenvalue weighted by molar-refractivity contribution is 0.0516. The van der Waals surface area contributed by atoms with Crippen LogP contribution in [0.5, 0.6) is 5.75 Å². The summed E-state index contributed by atoms with van der Waals surface area (Å²) in [4.78, 5) is 15.8. The minimum atomic E-state index is -0.728. The largest absolute Gasteiger partial charge is 0.505 e. The van der Waals surface area contributed by atoms with E-state index in [2.05, 4.69) is 18.8 Å². The normalized spacial score (nSPS) is 10.9. The van der Waals surface area contributed by atoms with Crippen molar-refractivity contribution in [3.05, 3.63) is 23.7 Å².